The second-order valence-electron chi connectivity index (χ2n) is 4.19. The first-order valence-corrected chi connectivity index (χ1v) is 5.79. The van der Waals surface area contributed by atoms with Gasteiger partial charge >= 0.3 is 5.97 Å². The van der Waals surface area contributed by atoms with E-state index in [4.69, 9.17) is 5.73 Å². The molecular formula is C13H17BN2O3. The SMILES string of the molecule is BN/C(=C\c1c(C)cc(C(N)=O)cc1C)C(=O)OC. The average molecular weight is 260 g/mol. The minimum absolute atomic E-state index is 0.348. The fourth-order valence-corrected chi connectivity index (χ4v) is 1.83. The molecular weight excluding hydrogens is 243 g/mol. The second kappa shape index (κ2) is 6.09. The topological polar surface area (TPSA) is 81.4 Å². The lowest BCUT2D eigenvalue weighted by Gasteiger charge is -2.10. The van der Waals surface area contributed by atoms with E-state index < -0.39 is 11.9 Å². The van der Waals surface area contributed by atoms with Crippen LogP contribution in [0.2, 0.25) is 0 Å². The van der Waals surface area contributed by atoms with Crippen LogP contribution in [-0.2, 0) is 9.53 Å². The molecule has 0 aliphatic rings. The highest BCUT2D eigenvalue weighted by Crippen LogP contribution is 2.19. The van der Waals surface area contributed by atoms with Crippen LogP contribution in [0.4, 0.5) is 0 Å². The number of hydrogen-bond acceptors (Lipinski definition) is 4. The molecule has 0 saturated carbocycles. The number of methoxy groups -OCH3 is 1. The minimum atomic E-state index is -0.469. The van der Waals surface area contributed by atoms with Gasteiger partial charge in [-0.1, -0.05) is 0 Å². The molecule has 1 rings (SSSR count). The molecule has 0 fully saturated rings. The third kappa shape index (κ3) is 3.37. The van der Waals surface area contributed by atoms with Gasteiger partial charge in [0.25, 0.3) is 0 Å². The highest BCUT2D eigenvalue weighted by atomic mass is 16.5. The lowest BCUT2D eigenvalue weighted by molar-refractivity contribution is -0.136. The maximum atomic E-state index is 11.5. The Morgan fingerprint density at radius 3 is 2.21 bits per heavy atom. The Balaban J connectivity index is 3.32. The molecule has 1 aromatic rings. The van der Waals surface area contributed by atoms with Gasteiger partial charge in [-0.15, -0.1) is 0 Å². The molecule has 100 valence electrons. The van der Waals surface area contributed by atoms with Crippen molar-refractivity contribution in [2.24, 2.45) is 5.73 Å². The fourth-order valence-electron chi connectivity index (χ4n) is 1.83. The zero-order valence-electron chi connectivity index (χ0n) is 11.5. The molecule has 0 aliphatic carbocycles. The van der Waals surface area contributed by atoms with E-state index >= 15 is 0 Å². The quantitative estimate of drug-likeness (QED) is 0.455. The van der Waals surface area contributed by atoms with Gasteiger partial charge in [-0.3, -0.25) is 4.79 Å². The van der Waals surface area contributed by atoms with E-state index in [1.54, 1.807) is 26.2 Å². The second-order valence-corrected chi connectivity index (χ2v) is 4.19. The van der Waals surface area contributed by atoms with Crippen LogP contribution in [0.3, 0.4) is 0 Å². The smallest absolute Gasteiger partial charge is 0.352 e. The normalized spacial score (nSPS) is 11.0. The van der Waals surface area contributed by atoms with Crippen molar-refractivity contribution in [1.82, 2.24) is 5.23 Å². The average Bonchev–Trinajstić information content (AvgIpc) is 2.37. The van der Waals surface area contributed by atoms with Gasteiger partial charge in [0.05, 0.1) is 7.11 Å². The van der Waals surface area contributed by atoms with Crippen LogP contribution in [-0.4, -0.2) is 27.0 Å². The van der Waals surface area contributed by atoms with Crippen LogP contribution in [0.1, 0.15) is 27.0 Å². The molecule has 0 atom stereocenters. The van der Waals surface area contributed by atoms with Crippen molar-refractivity contribution in [2.45, 2.75) is 13.8 Å². The summed E-state index contributed by atoms with van der Waals surface area (Å²) in [6.07, 6.45) is 1.70. The van der Waals surface area contributed by atoms with Gasteiger partial charge in [0.2, 0.25) is 13.9 Å². The van der Waals surface area contributed by atoms with Gasteiger partial charge in [0.15, 0.2) is 0 Å². The number of carbonyl (C=O) groups is 2. The van der Waals surface area contributed by atoms with Gasteiger partial charge in [0.1, 0.15) is 5.70 Å². The molecule has 0 saturated heterocycles. The van der Waals surface area contributed by atoms with E-state index in [1.165, 1.54) is 7.11 Å². The molecule has 3 N–H and O–H groups in total. The van der Waals surface area contributed by atoms with Crippen LogP contribution in [0.25, 0.3) is 6.08 Å². The number of esters is 1. The summed E-state index contributed by atoms with van der Waals surface area (Å²) in [5.74, 6) is -0.913. The van der Waals surface area contributed by atoms with Crippen molar-refractivity contribution >= 4 is 25.9 Å². The number of aryl methyl sites for hydroxylation is 2. The van der Waals surface area contributed by atoms with Gasteiger partial charge in [-0.05, 0) is 48.7 Å². The Labute approximate surface area is 113 Å². The van der Waals surface area contributed by atoms with Crippen LogP contribution < -0.4 is 11.0 Å². The largest absolute Gasteiger partial charge is 0.464 e. The van der Waals surface area contributed by atoms with E-state index in [9.17, 15) is 9.59 Å². The Bertz CT molecular complexity index is 530. The molecule has 5 nitrogen and oxygen atoms in total. The molecule has 0 radical (unpaired) electrons. The maximum absolute atomic E-state index is 11.5. The summed E-state index contributed by atoms with van der Waals surface area (Å²) >= 11 is 0. The molecule has 0 spiro atoms. The third-order valence-corrected chi connectivity index (χ3v) is 2.84. The molecule has 0 unspecified atom stereocenters. The minimum Gasteiger partial charge on any atom is -0.464 e. The summed E-state index contributed by atoms with van der Waals surface area (Å²) in [7, 11) is 2.97. The molecule has 1 aromatic carbocycles. The molecule has 0 aliphatic heterocycles. The summed E-state index contributed by atoms with van der Waals surface area (Å²) in [4.78, 5) is 22.7. The zero-order chi connectivity index (χ0) is 14.6. The Morgan fingerprint density at radius 2 is 1.84 bits per heavy atom. The van der Waals surface area contributed by atoms with Crippen LogP contribution in [0, 0.1) is 13.8 Å². The summed E-state index contributed by atoms with van der Waals surface area (Å²) in [6, 6.07) is 3.40. The van der Waals surface area contributed by atoms with Gasteiger partial charge in [0, 0.05) is 5.56 Å². The van der Waals surface area contributed by atoms with Crippen LogP contribution in [0.5, 0.6) is 0 Å². The highest BCUT2D eigenvalue weighted by molar-refractivity contribution is 6.11. The maximum Gasteiger partial charge on any atom is 0.352 e. The number of benzene rings is 1. The predicted molar refractivity (Wildman–Crippen MR) is 76.1 cm³/mol. The first kappa shape index (κ1) is 14.8. The monoisotopic (exact) mass is 260 g/mol. The number of amides is 1. The third-order valence-electron chi connectivity index (χ3n) is 2.84. The Hall–Kier alpha value is -2.24. The Morgan fingerprint density at radius 1 is 1.32 bits per heavy atom. The number of ether oxygens (including phenoxy) is 1. The first-order valence-electron chi connectivity index (χ1n) is 5.79. The first-order chi connectivity index (χ1) is 8.90. The molecule has 1 amide bonds. The van der Waals surface area contributed by atoms with Gasteiger partial charge in [-0.2, -0.15) is 0 Å². The van der Waals surface area contributed by atoms with Crippen molar-refractivity contribution in [3.8, 4) is 0 Å². The fraction of sp³-hybridized carbons (Fsp3) is 0.231. The molecule has 19 heavy (non-hydrogen) atoms. The summed E-state index contributed by atoms with van der Waals surface area (Å²) in [5, 5.41) is 2.79. The number of carbonyl (C=O) groups excluding carboxylic acids is 2. The van der Waals surface area contributed by atoms with E-state index in [2.05, 4.69) is 9.96 Å². The number of nitrogens with two attached hydrogens (primary N) is 1. The van der Waals surface area contributed by atoms with Crippen molar-refractivity contribution in [3.05, 3.63) is 40.1 Å². The number of nitrogens with one attached hydrogen (secondary N) is 1. The van der Waals surface area contributed by atoms with E-state index in [0.29, 0.717) is 11.3 Å². The number of hydrogen-bond donors (Lipinski definition) is 2. The predicted octanol–water partition coefficient (Wildman–Crippen LogP) is 0.0539. The standard InChI is InChI=1S/C13H17BN2O3/c1-7-4-9(12(15)17)5-8(2)10(7)6-11(16-14)13(18)19-3/h4-6,16H,14H2,1-3H3,(H2,15,17)/b11-6-. The molecule has 0 aromatic heterocycles. The zero-order valence-corrected chi connectivity index (χ0v) is 11.5. The van der Waals surface area contributed by atoms with Gasteiger partial charge < -0.3 is 15.7 Å². The summed E-state index contributed by atoms with van der Waals surface area (Å²) in [6.45, 7) is 3.71. The highest BCUT2D eigenvalue weighted by Gasteiger charge is 2.11. The van der Waals surface area contributed by atoms with E-state index in [-0.39, 0.29) is 0 Å². The van der Waals surface area contributed by atoms with E-state index in [0.717, 1.165) is 16.7 Å². The molecule has 6 heteroatoms. The van der Waals surface area contributed by atoms with Crippen molar-refractivity contribution < 1.29 is 14.3 Å². The molecule has 0 bridgehead atoms. The lowest BCUT2D eigenvalue weighted by atomic mass is 9.98. The van der Waals surface area contributed by atoms with Crippen molar-refractivity contribution in [1.29, 1.82) is 0 Å². The number of rotatable bonds is 4. The Kier molecular flexibility index (Phi) is 4.75. The molecule has 0 heterocycles. The number of primary amides is 1. The van der Waals surface area contributed by atoms with Gasteiger partial charge in [-0.25, -0.2) is 4.79 Å². The summed E-state index contributed by atoms with van der Waals surface area (Å²) in [5.41, 5.74) is 8.65. The van der Waals surface area contributed by atoms with Crippen molar-refractivity contribution in [2.75, 3.05) is 7.11 Å². The van der Waals surface area contributed by atoms with Crippen LogP contribution >= 0.6 is 0 Å². The summed E-state index contributed by atoms with van der Waals surface area (Å²) < 4.78 is 4.67. The van der Waals surface area contributed by atoms with E-state index in [1.807, 2.05) is 13.8 Å². The lowest BCUT2D eigenvalue weighted by Crippen LogP contribution is -2.18. The van der Waals surface area contributed by atoms with Crippen molar-refractivity contribution in [3.63, 3.8) is 0 Å². The van der Waals surface area contributed by atoms with Crippen LogP contribution in [0.15, 0.2) is 17.8 Å².